The lowest BCUT2D eigenvalue weighted by molar-refractivity contribution is -0.133. The highest BCUT2D eigenvalue weighted by Crippen LogP contribution is 2.38. The number of sulfonamides is 1. The molecule has 1 atom stereocenters. The summed E-state index contributed by atoms with van der Waals surface area (Å²) in [5.41, 5.74) is 3.53. The van der Waals surface area contributed by atoms with Crippen molar-refractivity contribution in [3.63, 3.8) is 0 Å². The standard InChI is InChI=1S/C23H32N2O3S2/c1-6-13-24(30(5,27)28)16-21(26)25-14-11-20-19(12-15-29-20)22(25)17-7-9-18(10-8-17)23(2,3)4/h7-10,12,15,22H,6,11,13-14,16H2,1-5H3. The van der Waals surface area contributed by atoms with Gasteiger partial charge in [-0.15, -0.1) is 11.3 Å². The van der Waals surface area contributed by atoms with Crippen LogP contribution in [0.2, 0.25) is 0 Å². The van der Waals surface area contributed by atoms with E-state index < -0.39 is 10.0 Å². The highest BCUT2D eigenvalue weighted by molar-refractivity contribution is 7.88. The lowest BCUT2D eigenvalue weighted by Gasteiger charge is -2.37. The minimum absolute atomic E-state index is 0.0598. The minimum Gasteiger partial charge on any atom is -0.330 e. The smallest absolute Gasteiger partial charge is 0.238 e. The molecule has 1 unspecified atom stereocenters. The summed E-state index contributed by atoms with van der Waals surface area (Å²) in [6, 6.07) is 10.4. The van der Waals surface area contributed by atoms with Crippen molar-refractivity contribution < 1.29 is 13.2 Å². The first kappa shape index (κ1) is 23.0. The topological polar surface area (TPSA) is 57.7 Å². The van der Waals surface area contributed by atoms with Gasteiger partial charge in [-0.2, -0.15) is 4.31 Å². The number of hydrogen-bond donors (Lipinski definition) is 0. The van der Waals surface area contributed by atoms with Crippen LogP contribution in [0.1, 0.15) is 61.7 Å². The second-order valence-corrected chi connectivity index (χ2v) is 12.0. The highest BCUT2D eigenvalue weighted by Gasteiger charge is 2.34. The van der Waals surface area contributed by atoms with E-state index in [4.69, 9.17) is 0 Å². The van der Waals surface area contributed by atoms with E-state index in [9.17, 15) is 13.2 Å². The fourth-order valence-corrected chi connectivity index (χ4v) is 5.73. The molecular formula is C23H32N2O3S2. The molecule has 0 N–H and O–H groups in total. The Morgan fingerprint density at radius 3 is 2.43 bits per heavy atom. The maximum atomic E-state index is 13.3. The molecule has 2 heterocycles. The lowest BCUT2D eigenvalue weighted by atomic mass is 9.85. The molecular weight excluding hydrogens is 416 g/mol. The van der Waals surface area contributed by atoms with Crippen molar-refractivity contribution in [2.24, 2.45) is 0 Å². The van der Waals surface area contributed by atoms with E-state index in [2.05, 4.69) is 56.5 Å². The van der Waals surface area contributed by atoms with Crippen molar-refractivity contribution >= 4 is 27.3 Å². The molecule has 7 heteroatoms. The van der Waals surface area contributed by atoms with E-state index in [-0.39, 0.29) is 23.9 Å². The van der Waals surface area contributed by atoms with Gasteiger partial charge in [0.15, 0.2) is 0 Å². The van der Waals surface area contributed by atoms with Crippen molar-refractivity contribution in [3.05, 3.63) is 57.3 Å². The maximum Gasteiger partial charge on any atom is 0.238 e. The Kier molecular flexibility index (Phi) is 6.75. The molecule has 0 aliphatic carbocycles. The van der Waals surface area contributed by atoms with E-state index in [1.807, 2.05) is 11.8 Å². The van der Waals surface area contributed by atoms with Gasteiger partial charge < -0.3 is 4.90 Å². The largest absolute Gasteiger partial charge is 0.330 e. The summed E-state index contributed by atoms with van der Waals surface area (Å²) >= 11 is 1.73. The third-order valence-corrected chi connectivity index (χ3v) is 7.88. The molecule has 0 saturated carbocycles. The number of carbonyl (C=O) groups excluding carboxylic acids is 1. The molecule has 0 bridgehead atoms. The quantitative estimate of drug-likeness (QED) is 0.666. The first-order valence-electron chi connectivity index (χ1n) is 10.4. The molecule has 1 aromatic carbocycles. The van der Waals surface area contributed by atoms with Crippen LogP contribution in [-0.2, 0) is 26.7 Å². The van der Waals surface area contributed by atoms with Crippen LogP contribution in [0.4, 0.5) is 0 Å². The summed E-state index contributed by atoms with van der Waals surface area (Å²) < 4.78 is 25.6. The number of nitrogens with zero attached hydrogens (tertiary/aromatic N) is 2. The molecule has 1 aliphatic rings. The average molecular weight is 449 g/mol. The zero-order chi connectivity index (χ0) is 22.1. The van der Waals surface area contributed by atoms with E-state index in [0.717, 1.165) is 17.5 Å². The van der Waals surface area contributed by atoms with Crippen molar-refractivity contribution in [3.8, 4) is 0 Å². The van der Waals surface area contributed by atoms with E-state index in [0.29, 0.717) is 19.5 Å². The number of rotatable bonds is 6. The van der Waals surface area contributed by atoms with Crippen LogP contribution < -0.4 is 0 Å². The van der Waals surface area contributed by atoms with Crippen LogP contribution in [0.25, 0.3) is 0 Å². The summed E-state index contributed by atoms with van der Waals surface area (Å²) in [6.07, 6.45) is 2.65. The molecule has 1 amide bonds. The fraction of sp³-hybridized carbons (Fsp3) is 0.522. The number of hydrogen-bond acceptors (Lipinski definition) is 4. The second kappa shape index (κ2) is 8.81. The number of fused-ring (bicyclic) bond motifs is 1. The van der Waals surface area contributed by atoms with Gasteiger partial charge in [0, 0.05) is 18.0 Å². The normalized spacial score (nSPS) is 17.3. The molecule has 2 aromatic rings. The molecule has 0 radical (unpaired) electrons. The lowest BCUT2D eigenvalue weighted by Crippen LogP contribution is -2.46. The Labute approximate surface area is 184 Å². The van der Waals surface area contributed by atoms with Gasteiger partial charge >= 0.3 is 0 Å². The highest BCUT2D eigenvalue weighted by atomic mass is 32.2. The molecule has 0 saturated heterocycles. The Bertz CT molecular complexity index is 988. The zero-order valence-electron chi connectivity index (χ0n) is 18.5. The van der Waals surface area contributed by atoms with Crippen molar-refractivity contribution in [2.75, 3.05) is 25.9 Å². The third kappa shape index (κ3) is 4.95. The van der Waals surface area contributed by atoms with Crippen LogP contribution in [0.15, 0.2) is 35.7 Å². The van der Waals surface area contributed by atoms with Crippen molar-refractivity contribution in [1.82, 2.24) is 9.21 Å². The van der Waals surface area contributed by atoms with Crippen LogP contribution in [0, 0.1) is 0 Å². The van der Waals surface area contributed by atoms with E-state index >= 15 is 0 Å². The Balaban J connectivity index is 1.94. The van der Waals surface area contributed by atoms with Crippen LogP contribution in [0.3, 0.4) is 0 Å². The average Bonchev–Trinajstić information content (AvgIpc) is 3.14. The number of thiophene rings is 1. The molecule has 30 heavy (non-hydrogen) atoms. The molecule has 3 rings (SSSR count). The first-order chi connectivity index (χ1) is 14.0. The third-order valence-electron chi connectivity index (χ3n) is 5.63. The van der Waals surface area contributed by atoms with Crippen LogP contribution in [0.5, 0.6) is 0 Å². The van der Waals surface area contributed by atoms with Crippen LogP contribution in [-0.4, -0.2) is 49.4 Å². The Hall–Kier alpha value is -1.70. The van der Waals surface area contributed by atoms with Gasteiger partial charge in [0.1, 0.15) is 0 Å². The van der Waals surface area contributed by atoms with Gasteiger partial charge in [0.05, 0.1) is 18.8 Å². The first-order valence-corrected chi connectivity index (χ1v) is 13.2. The van der Waals surface area contributed by atoms with E-state index in [1.54, 1.807) is 11.3 Å². The van der Waals surface area contributed by atoms with Gasteiger partial charge in [-0.25, -0.2) is 8.42 Å². The zero-order valence-corrected chi connectivity index (χ0v) is 20.1. The SMILES string of the molecule is CCCN(CC(=O)N1CCc2sccc2C1c1ccc(C(C)(C)C)cc1)S(C)(=O)=O. The maximum absolute atomic E-state index is 13.3. The predicted octanol–water partition coefficient (Wildman–Crippen LogP) is 4.19. The molecule has 1 aliphatic heterocycles. The number of amides is 1. The minimum atomic E-state index is -3.43. The van der Waals surface area contributed by atoms with Gasteiger partial charge in [-0.3, -0.25) is 4.79 Å². The van der Waals surface area contributed by atoms with Gasteiger partial charge in [-0.1, -0.05) is 52.0 Å². The molecule has 164 valence electrons. The molecule has 0 spiro atoms. The number of benzene rings is 1. The molecule has 1 aromatic heterocycles. The summed E-state index contributed by atoms with van der Waals surface area (Å²) in [7, 11) is -3.43. The number of carbonyl (C=O) groups is 1. The molecule has 0 fully saturated rings. The summed E-state index contributed by atoms with van der Waals surface area (Å²) in [6.45, 7) is 9.31. The summed E-state index contributed by atoms with van der Waals surface area (Å²) in [4.78, 5) is 16.5. The van der Waals surface area contributed by atoms with Gasteiger partial charge in [0.2, 0.25) is 15.9 Å². The summed E-state index contributed by atoms with van der Waals surface area (Å²) in [5, 5.41) is 2.08. The fourth-order valence-electron chi connectivity index (χ4n) is 3.96. The Morgan fingerprint density at radius 2 is 1.87 bits per heavy atom. The molecule has 5 nitrogen and oxygen atoms in total. The Morgan fingerprint density at radius 1 is 1.20 bits per heavy atom. The van der Waals surface area contributed by atoms with Crippen molar-refractivity contribution in [2.45, 2.75) is 52.0 Å². The van der Waals surface area contributed by atoms with Gasteiger partial charge in [0.25, 0.3) is 0 Å². The van der Waals surface area contributed by atoms with Gasteiger partial charge in [-0.05, 0) is 46.4 Å². The van der Waals surface area contributed by atoms with Crippen molar-refractivity contribution in [1.29, 1.82) is 0 Å². The van der Waals surface area contributed by atoms with E-state index in [1.165, 1.54) is 21.0 Å². The van der Waals surface area contributed by atoms with Crippen LogP contribution >= 0.6 is 11.3 Å². The monoisotopic (exact) mass is 448 g/mol. The summed E-state index contributed by atoms with van der Waals surface area (Å²) in [5.74, 6) is -0.143. The second-order valence-electron chi connectivity index (χ2n) is 9.01. The predicted molar refractivity (Wildman–Crippen MR) is 123 cm³/mol.